The molecule has 0 radical (unpaired) electrons. The molecule has 0 fully saturated rings. The highest BCUT2D eigenvalue weighted by Crippen LogP contribution is 2.44. The number of esters is 1. The smallest absolute Gasteiger partial charge is 0.305 e. The van der Waals surface area contributed by atoms with Gasteiger partial charge in [0.05, 0.1) is 6.61 Å². The highest BCUT2D eigenvalue weighted by atomic mass is 16.5. The zero-order valence-corrected chi connectivity index (χ0v) is 11.1. The van der Waals surface area contributed by atoms with Gasteiger partial charge in [-0.2, -0.15) is 0 Å². The van der Waals surface area contributed by atoms with Gasteiger partial charge in [0, 0.05) is 6.42 Å². The maximum atomic E-state index is 11.1. The van der Waals surface area contributed by atoms with Gasteiger partial charge in [-0.25, -0.2) is 0 Å². The maximum absolute atomic E-state index is 11.1. The van der Waals surface area contributed by atoms with Crippen molar-refractivity contribution >= 4 is 5.97 Å². The van der Waals surface area contributed by atoms with Gasteiger partial charge in [-0.1, -0.05) is 25.0 Å². The first-order valence-corrected chi connectivity index (χ1v) is 7.09. The Bertz CT molecular complexity index is 317. The van der Waals surface area contributed by atoms with Crippen LogP contribution >= 0.6 is 0 Å². The molecule has 0 saturated heterocycles. The molecule has 0 saturated carbocycles. The summed E-state index contributed by atoms with van der Waals surface area (Å²) in [7, 11) is 0. The Morgan fingerprint density at radius 1 is 1.29 bits per heavy atom. The number of rotatable bonds is 4. The molecule has 0 aromatic rings. The van der Waals surface area contributed by atoms with Crippen molar-refractivity contribution in [1.29, 1.82) is 0 Å². The Morgan fingerprint density at radius 2 is 2.12 bits per heavy atom. The summed E-state index contributed by atoms with van der Waals surface area (Å²) in [5.41, 5.74) is 3.46. The molecule has 2 nitrogen and oxygen atoms in total. The van der Waals surface area contributed by atoms with Crippen molar-refractivity contribution in [3.8, 4) is 0 Å². The molecule has 2 heteroatoms. The van der Waals surface area contributed by atoms with E-state index < -0.39 is 0 Å². The van der Waals surface area contributed by atoms with Crippen LogP contribution in [0.4, 0.5) is 0 Å². The van der Waals surface area contributed by atoms with Crippen LogP contribution in [0, 0.1) is 11.8 Å². The van der Waals surface area contributed by atoms with Crippen LogP contribution in [0.3, 0.4) is 0 Å². The van der Waals surface area contributed by atoms with Gasteiger partial charge in [0.2, 0.25) is 0 Å². The van der Waals surface area contributed by atoms with Crippen LogP contribution in [-0.2, 0) is 9.53 Å². The predicted octanol–water partition coefficient (Wildman–Crippen LogP) is 3.86. The van der Waals surface area contributed by atoms with E-state index >= 15 is 0 Å². The highest BCUT2D eigenvalue weighted by molar-refractivity contribution is 5.68. The number of allylic oxidation sites excluding steroid dienone is 2. The molecule has 2 atom stereocenters. The minimum Gasteiger partial charge on any atom is -0.466 e. The Balaban J connectivity index is 1.85. The fourth-order valence-electron chi connectivity index (χ4n) is 3.36. The summed E-state index contributed by atoms with van der Waals surface area (Å²) in [6.07, 6.45) is 8.14. The van der Waals surface area contributed by atoms with Gasteiger partial charge in [-0.15, -0.1) is 0 Å². The SMILES string of the molecule is CCC(=O)OCCC1CCC2=C1CCCC2C. The molecule has 0 amide bonds. The highest BCUT2D eigenvalue weighted by Gasteiger charge is 2.30. The molecule has 0 aromatic carbocycles. The van der Waals surface area contributed by atoms with Crippen LogP contribution in [0.1, 0.15) is 58.8 Å². The molecule has 0 aliphatic heterocycles. The molecule has 0 aromatic heterocycles. The van der Waals surface area contributed by atoms with E-state index in [0.29, 0.717) is 18.9 Å². The van der Waals surface area contributed by atoms with Crippen molar-refractivity contribution in [1.82, 2.24) is 0 Å². The van der Waals surface area contributed by atoms with Gasteiger partial charge < -0.3 is 4.74 Å². The van der Waals surface area contributed by atoms with Crippen LogP contribution < -0.4 is 0 Å². The van der Waals surface area contributed by atoms with E-state index in [2.05, 4.69) is 6.92 Å². The van der Waals surface area contributed by atoms with Crippen LogP contribution in [-0.4, -0.2) is 12.6 Å². The molecule has 0 spiro atoms. The quantitative estimate of drug-likeness (QED) is 0.547. The van der Waals surface area contributed by atoms with E-state index in [1.54, 1.807) is 11.1 Å². The summed E-state index contributed by atoms with van der Waals surface area (Å²) in [5, 5.41) is 0. The standard InChI is InChI=1S/C15H24O2/c1-3-15(16)17-10-9-12-7-8-13-11(2)5-4-6-14(12)13/h11-12H,3-10H2,1-2H3. The lowest BCUT2D eigenvalue weighted by molar-refractivity contribution is -0.143. The Morgan fingerprint density at radius 3 is 2.88 bits per heavy atom. The summed E-state index contributed by atoms with van der Waals surface area (Å²) in [4.78, 5) is 11.1. The van der Waals surface area contributed by atoms with E-state index in [1.807, 2.05) is 6.92 Å². The van der Waals surface area contributed by atoms with Gasteiger partial charge in [0.15, 0.2) is 0 Å². The lowest BCUT2D eigenvalue weighted by Crippen LogP contribution is -2.12. The molecular weight excluding hydrogens is 212 g/mol. The first kappa shape index (κ1) is 12.7. The van der Waals surface area contributed by atoms with Crippen molar-refractivity contribution in [2.75, 3.05) is 6.61 Å². The molecule has 96 valence electrons. The van der Waals surface area contributed by atoms with Crippen LogP contribution in [0.2, 0.25) is 0 Å². The fourth-order valence-corrected chi connectivity index (χ4v) is 3.36. The number of hydrogen-bond donors (Lipinski definition) is 0. The predicted molar refractivity (Wildman–Crippen MR) is 68.6 cm³/mol. The molecule has 2 unspecified atom stereocenters. The third-order valence-electron chi connectivity index (χ3n) is 4.36. The van der Waals surface area contributed by atoms with Gasteiger partial charge in [-0.3, -0.25) is 4.79 Å². The molecule has 0 heterocycles. The zero-order valence-electron chi connectivity index (χ0n) is 11.1. The normalized spacial score (nSPS) is 28.1. The zero-order chi connectivity index (χ0) is 12.3. The molecule has 2 aliphatic carbocycles. The fraction of sp³-hybridized carbons (Fsp3) is 0.800. The molecule has 0 bridgehead atoms. The van der Waals surface area contributed by atoms with Crippen molar-refractivity contribution < 1.29 is 9.53 Å². The van der Waals surface area contributed by atoms with E-state index in [0.717, 1.165) is 12.3 Å². The topological polar surface area (TPSA) is 26.3 Å². The average molecular weight is 236 g/mol. The Labute approximate surface area is 104 Å². The number of ether oxygens (including phenoxy) is 1. The maximum Gasteiger partial charge on any atom is 0.305 e. The van der Waals surface area contributed by atoms with Gasteiger partial charge in [0.1, 0.15) is 0 Å². The molecule has 0 N–H and O–H groups in total. The first-order chi connectivity index (χ1) is 8.22. The number of hydrogen-bond acceptors (Lipinski definition) is 2. The monoisotopic (exact) mass is 236 g/mol. The van der Waals surface area contributed by atoms with Gasteiger partial charge in [-0.05, 0) is 50.4 Å². The van der Waals surface area contributed by atoms with E-state index in [4.69, 9.17) is 4.74 Å². The van der Waals surface area contributed by atoms with Crippen molar-refractivity contribution in [3.63, 3.8) is 0 Å². The second-order valence-electron chi connectivity index (χ2n) is 5.44. The van der Waals surface area contributed by atoms with Crippen LogP contribution in [0.15, 0.2) is 11.1 Å². The number of carbonyl (C=O) groups is 1. The summed E-state index contributed by atoms with van der Waals surface area (Å²) in [6, 6.07) is 0. The second-order valence-corrected chi connectivity index (χ2v) is 5.44. The van der Waals surface area contributed by atoms with Crippen LogP contribution in [0.5, 0.6) is 0 Å². The molecule has 2 rings (SSSR count). The summed E-state index contributed by atoms with van der Waals surface area (Å²) in [6.45, 7) is 4.83. The lowest BCUT2D eigenvalue weighted by Gasteiger charge is -2.24. The van der Waals surface area contributed by atoms with E-state index in [-0.39, 0.29) is 5.97 Å². The van der Waals surface area contributed by atoms with Gasteiger partial charge in [0.25, 0.3) is 0 Å². The number of carbonyl (C=O) groups excluding carboxylic acids is 1. The third-order valence-corrected chi connectivity index (χ3v) is 4.36. The second kappa shape index (κ2) is 5.70. The van der Waals surface area contributed by atoms with Crippen molar-refractivity contribution in [2.45, 2.75) is 58.8 Å². The van der Waals surface area contributed by atoms with E-state index in [1.165, 1.54) is 32.1 Å². The Hall–Kier alpha value is -0.790. The molecular formula is C15H24O2. The van der Waals surface area contributed by atoms with Crippen molar-refractivity contribution in [3.05, 3.63) is 11.1 Å². The summed E-state index contributed by atoms with van der Waals surface area (Å²) >= 11 is 0. The lowest BCUT2D eigenvalue weighted by atomic mass is 9.83. The molecule has 2 aliphatic rings. The van der Waals surface area contributed by atoms with Crippen molar-refractivity contribution in [2.24, 2.45) is 11.8 Å². The Kier molecular flexibility index (Phi) is 4.25. The minimum atomic E-state index is -0.0609. The summed E-state index contributed by atoms with van der Waals surface area (Å²) < 4.78 is 5.20. The summed E-state index contributed by atoms with van der Waals surface area (Å²) in [5.74, 6) is 1.45. The largest absolute Gasteiger partial charge is 0.466 e. The third kappa shape index (κ3) is 2.91. The van der Waals surface area contributed by atoms with Gasteiger partial charge >= 0.3 is 5.97 Å². The van der Waals surface area contributed by atoms with E-state index in [9.17, 15) is 4.79 Å². The average Bonchev–Trinajstić information content (AvgIpc) is 2.74. The minimum absolute atomic E-state index is 0.0609. The first-order valence-electron chi connectivity index (χ1n) is 7.09. The van der Waals surface area contributed by atoms with Crippen LogP contribution in [0.25, 0.3) is 0 Å². The molecule has 17 heavy (non-hydrogen) atoms.